The van der Waals surface area contributed by atoms with E-state index in [4.69, 9.17) is 5.73 Å². The largest absolute Gasteiger partial charge is 0.368 e. The second kappa shape index (κ2) is 6.36. The molecule has 1 fully saturated rings. The maximum absolute atomic E-state index is 11.1. The summed E-state index contributed by atoms with van der Waals surface area (Å²) in [7, 11) is 0. The van der Waals surface area contributed by atoms with Gasteiger partial charge in [0.1, 0.15) is 0 Å². The number of nitrogens with two attached hydrogens (primary N) is 1. The van der Waals surface area contributed by atoms with E-state index in [1.54, 1.807) is 0 Å². The molecule has 0 saturated carbocycles. The van der Waals surface area contributed by atoms with Crippen LogP contribution in [0, 0.1) is 0 Å². The summed E-state index contributed by atoms with van der Waals surface area (Å²) in [5, 5.41) is 6.01. The van der Waals surface area contributed by atoms with Crippen LogP contribution in [0.5, 0.6) is 0 Å². The number of carbonyl (C=O) groups excluding carboxylic acids is 1. The summed E-state index contributed by atoms with van der Waals surface area (Å²) in [6.07, 6.45) is 1.28. The molecular formula is C12H21N7O. The number of carbonyl (C=O) groups is 1. The van der Waals surface area contributed by atoms with Gasteiger partial charge in [0.05, 0.1) is 0 Å². The first-order chi connectivity index (χ1) is 9.62. The molecule has 1 aliphatic heterocycles. The predicted octanol–water partition coefficient (Wildman–Crippen LogP) is -0.00950. The zero-order valence-electron chi connectivity index (χ0n) is 11.9. The number of rotatable bonds is 5. The van der Waals surface area contributed by atoms with Crippen molar-refractivity contribution in [3.05, 3.63) is 0 Å². The molecule has 4 N–H and O–H groups in total. The van der Waals surface area contributed by atoms with Crippen LogP contribution in [0.2, 0.25) is 0 Å². The minimum Gasteiger partial charge on any atom is -0.368 e. The minimum atomic E-state index is 0.0852. The number of aromatic nitrogens is 3. The van der Waals surface area contributed by atoms with Crippen LogP contribution in [-0.2, 0) is 4.79 Å². The fraction of sp³-hybridized carbons (Fsp3) is 0.667. The van der Waals surface area contributed by atoms with Crippen molar-refractivity contribution in [1.29, 1.82) is 0 Å². The Kier molecular flexibility index (Phi) is 4.54. The molecule has 0 spiro atoms. The highest BCUT2D eigenvalue weighted by molar-refractivity contribution is 5.76. The van der Waals surface area contributed by atoms with Gasteiger partial charge in [-0.1, -0.05) is 0 Å². The summed E-state index contributed by atoms with van der Waals surface area (Å²) in [5.41, 5.74) is 5.74. The molecule has 1 atom stereocenters. The first kappa shape index (κ1) is 14.3. The maximum atomic E-state index is 11.1. The Morgan fingerprint density at radius 2 is 2.10 bits per heavy atom. The van der Waals surface area contributed by atoms with E-state index in [2.05, 4.69) is 25.6 Å². The summed E-state index contributed by atoms with van der Waals surface area (Å²) in [6.45, 7) is 6.25. The highest BCUT2D eigenvalue weighted by atomic mass is 16.1. The fourth-order valence-electron chi connectivity index (χ4n) is 2.13. The highest BCUT2D eigenvalue weighted by Crippen LogP contribution is 2.14. The molecule has 1 aromatic rings. The van der Waals surface area contributed by atoms with Crippen molar-refractivity contribution in [3.8, 4) is 0 Å². The molecule has 20 heavy (non-hydrogen) atoms. The van der Waals surface area contributed by atoms with E-state index in [-0.39, 0.29) is 17.9 Å². The van der Waals surface area contributed by atoms with Crippen LogP contribution >= 0.6 is 0 Å². The third kappa shape index (κ3) is 3.46. The lowest BCUT2D eigenvalue weighted by Crippen LogP contribution is -2.42. The molecule has 0 aromatic carbocycles. The van der Waals surface area contributed by atoms with Crippen LogP contribution < -0.4 is 21.3 Å². The normalized spacial score (nSPS) is 18.5. The van der Waals surface area contributed by atoms with Crippen molar-refractivity contribution in [3.63, 3.8) is 0 Å². The number of nitrogen functional groups attached to an aromatic ring is 1. The summed E-state index contributed by atoms with van der Waals surface area (Å²) in [6, 6.07) is 0.124. The monoisotopic (exact) mass is 279 g/mol. The van der Waals surface area contributed by atoms with E-state index in [9.17, 15) is 4.79 Å². The number of piperidine rings is 1. The molecule has 2 heterocycles. The van der Waals surface area contributed by atoms with Crippen molar-refractivity contribution in [2.45, 2.75) is 32.7 Å². The highest BCUT2D eigenvalue weighted by Gasteiger charge is 2.19. The van der Waals surface area contributed by atoms with Crippen LogP contribution in [0.25, 0.3) is 0 Å². The average molecular weight is 279 g/mol. The van der Waals surface area contributed by atoms with Crippen molar-refractivity contribution in [2.24, 2.45) is 0 Å². The standard InChI is InChI=1S/C12H21N7O/c1-3-19(4-2)12-17-10(13)16-11(18-12)15-8-5-6-9(20)14-7-8/h8H,3-7H2,1-2H3,(H,14,20)(H3,13,15,16,17,18). The van der Waals surface area contributed by atoms with Gasteiger partial charge in [0, 0.05) is 32.1 Å². The lowest BCUT2D eigenvalue weighted by Gasteiger charge is -2.24. The Morgan fingerprint density at radius 1 is 1.35 bits per heavy atom. The number of hydrogen-bond donors (Lipinski definition) is 3. The molecule has 1 aromatic heterocycles. The molecule has 1 unspecified atom stereocenters. The number of hydrogen-bond acceptors (Lipinski definition) is 7. The molecule has 8 heteroatoms. The molecule has 1 saturated heterocycles. The number of nitrogens with zero attached hydrogens (tertiary/aromatic N) is 4. The topological polar surface area (TPSA) is 109 Å². The summed E-state index contributed by atoms with van der Waals surface area (Å²) >= 11 is 0. The molecule has 1 aliphatic rings. The first-order valence-corrected chi connectivity index (χ1v) is 6.92. The van der Waals surface area contributed by atoms with Gasteiger partial charge in [0.2, 0.25) is 23.8 Å². The SMILES string of the molecule is CCN(CC)c1nc(N)nc(NC2CCC(=O)NC2)n1. The molecule has 8 nitrogen and oxygen atoms in total. The van der Waals surface area contributed by atoms with Gasteiger partial charge in [-0.05, 0) is 20.3 Å². The summed E-state index contributed by atoms with van der Waals surface area (Å²) in [5.74, 6) is 1.32. The molecule has 0 bridgehead atoms. The van der Waals surface area contributed by atoms with E-state index in [0.717, 1.165) is 19.5 Å². The summed E-state index contributed by atoms with van der Waals surface area (Å²) < 4.78 is 0. The molecule has 0 aliphatic carbocycles. The fourth-order valence-corrected chi connectivity index (χ4v) is 2.13. The van der Waals surface area contributed by atoms with Gasteiger partial charge in [0.15, 0.2) is 0 Å². The van der Waals surface area contributed by atoms with Crippen molar-refractivity contribution < 1.29 is 4.79 Å². The molecule has 0 radical (unpaired) electrons. The van der Waals surface area contributed by atoms with Gasteiger partial charge in [-0.3, -0.25) is 4.79 Å². The zero-order chi connectivity index (χ0) is 14.5. The van der Waals surface area contributed by atoms with Crippen LogP contribution in [0.15, 0.2) is 0 Å². The van der Waals surface area contributed by atoms with E-state index < -0.39 is 0 Å². The molecule has 110 valence electrons. The van der Waals surface area contributed by atoms with E-state index in [1.807, 2.05) is 18.7 Å². The molecule has 1 amide bonds. The van der Waals surface area contributed by atoms with Gasteiger partial charge in [-0.2, -0.15) is 15.0 Å². The van der Waals surface area contributed by atoms with Crippen LogP contribution in [-0.4, -0.2) is 46.5 Å². The van der Waals surface area contributed by atoms with Crippen molar-refractivity contribution in [1.82, 2.24) is 20.3 Å². The maximum Gasteiger partial charge on any atom is 0.231 e. The van der Waals surface area contributed by atoms with Gasteiger partial charge >= 0.3 is 0 Å². The lowest BCUT2D eigenvalue weighted by molar-refractivity contribution is -0.122. The number of amides is 1. The van der Waals surface area contributed by atoms with Crippen molar-refractivity contribution >= 4 is 23.8 Å². The lowest BCUT2D eigenvalue weighted by atomic mass is 10.1. The molecule has 2 rings (SSSR count). The Labute approximate surface area is 118 Å². The Bertz CT molecular complexity index is 465. The first-order valence-electron chi connectivity index (χ1n) is 6.92. The summed E-state index contributed by atoms with van der Waals surface area (Å²) in [4.78, 5) is 25.8. The van der Waals surface area contributed by atoms with Crippen LogP contribution in [0.1, 0.15) is 26.7 Å². The smallest absolute Gasteiger partial charge is 0.231 e. The van der Waals surface area contributed by atoms with Gasteiger partial charge in [-0.25, -0.2) is 0 Å². The van der Waals surface area contributed by atoms with Gasteiger partial charge < -0.3 is 21.3 Å². The Balaban J connectivity index is 2.09. The van der Waals surface area contributed by atoms with E-state index >= 15 is 0 Å². The minimum absolute atomic E-state index is 0.0852. The third-order valence-electron chi connectivity index (χ3n) is 3.29. The zero-order valence-corrected chi connectivity index (χ0v) is 11.9. The quantitative estimate of drug-likeness (QED) is 0.695. The van der Waals surface area contributed by atoms with Crippen molar-refractivity contribution in [2.75, 3.05) is 35.6 Å². The van der Waals surface area contributed by atoms with Crippen LogP contribution in [0.3, 0.4) is 0 Å². The molecular weight excluding hydrogens is 258 g/mol. The third-order valence-corrected chi connectivity index (χ3v) is 3.29. The van der Waals surface area contributed by atoms with Crippen LogP contribution in [0.4, 0.5) is 17.8 Å². The second-order valence-electron chi connectivity index (χ2n) is 4.67. The second-order valence-corrected chi connectivity index (χ2v) is 4.67. The average Bonchev–Trinajstić information content (AvgIpc) is 2.42. The number of nitrogens with one attached hydrogen (secondary N) is 2. The Hall–Kier alpha value is -2.12. The van der Waals surface area contributed by atoms with E-state index in [0.29, 0.717) is 24.9 Å². The van der Waals surface area contributed by atoms with E-state index in [1.165, 1.54) is 0 Å². The van der Waals surface area contributed by atoms with Gasteiger partial charge in [0.25, 0.3) is 0 Å². The Morgan fingerprint density at radius 3 is 2.70 bits per heavy atom. The number of anilines is 3. The van der Waals surface area contributed by atoms with Gasteiger partial charge in [-0.15, -0.1) is 0 Å². The predicted molar refractivity (Wildman–Crippen MR) is 77.5 cm³/mol.